The van der Waals surface area contributed by atoms with E-state index >= 15 is 0 Å². The molecular formula is C10H12N6O. The van der Waals surface area contributed by atoms with Crippen LogP contribution >= 0.6 is 0 Å². The normalized spacial score (nSPS) is 16.8. The van der Waals surface area contributed by atoms with E-state index < -0.39 is 0 Å². The molecule has 7 nitrogen and oxygen atoms in total. The number of imidazole rings is 1. The molecule has 0 bridgehead atoms. The number of nitrogens with zero attached hydrogens (tertiary/aromatic N) is 3. The maximum absolute atomic E-state index is 11.7. The van der Waals surface area contributed by atoms with Crippen LogP contribution in [0.2, 0.25) is 0 Å². The number of fused-ring (bicyclic) bond motifs is 1. The van der Waals surface area contributed by atoms with Crippen molar-refractivity contribution in [1.29, 1.82) is 0 Å². The van der Waals surface area contributed by atoms with Crippen LogP contribution in [0.3, 0.4) is 0 Å². The Labute approximate surface area is 97.0 Å². The summed E-state index contributed by atoms with van der Waals surface area (Å²) in [7, 11) is 0. The van der Waals surface area contributed by atoms with Gasteiger partial charge in [-0.15, -0.1) is 0 Å². The molecular weight excluding hydrogens is 220 g/mol. The molecule has 17 heavy (non-hydrogen) atoms. The van der Waals surface area contributed by atoms with E-state index in [9.17, 15) is 4.79 Å². The summed E-state index contributed by atoms with van der Waals surface area (Å²) >= 11 is 0. The van der Waals surface area contributed by atoms with Crippen molar-refractivity contribution in [2.75, 3.05) is 5.43 Å². The highest BCUT2D eigenvalue weighted by Gasteiger charge is 2.44. The molecule has 3 rings (SSSR count). The third-order valence-electron chi connectivity index (χ3n) is 3.07. The second kappa shape index (κ2) is 3.41. The van der Waals surface area contributed by atoms with Gasteiger partial charge in [0.25, 0.3) is 0 Å². The molecule has 3 N–H and O–H groups in total. The number of amides is 1. The first kappa shape index (κ1) is 10.0. The standard InChI is InChI=1S/C10H12N6O/c1-10(2-3-10)9(17)16-15-8-6-7(12-4-11-6)13-5-14-8/h4-5H,2-3H2,1H3,(H,16,17)(H2,11,12,13,14,15). The van der Waals surface area contributed by atoms with Crippen molar-refractivity contribution >= 4 is 22.9 Å². The van der Waals surface area contributed by atoms with Gasteiger partial charge in [0.15, 0.2) is 11.5 Å². The number of hydrogen-bond donors (Lipinski definition) is 3. The van der Waals surface area contributed by atoms with Crippen LogP contribution in [0.15, 0.2) is 12.7 Å². The molecule has 1 amide bonds. The molecule has 2 aromatic heterocycles. The van der Waals surface area contributed by atoms with Gasteiger partial charge in [0.1, 0.15) is 11.8 Å². The fourth-order valence-corrected chi connectivity index (χ4v) is 1.54. The molecule has 88 valence electrons. The lowest BCUT2D eigenvalue weighted by Gasteiger charge is -2.11. The monoisotopic (exact) mass is 232 g/mol. The van der Waals surface area contributed by atoms with Gasteiger partial charge < -0.3 is 4.98 Å². The topological polar surface area (TPSA) is 95.6 Å². The number of carbonyl (C=O) groups is 1. The van der Waals surface area contributed by atoms with Crippen LogP contribution in [0.25, 0.3) is 11.2 Å². The Balaban J connectivity index is 1.76. The predicted molar refractivity (Wildman–Crippen MR) is 60.8 cm³/mol. The van der Waals surface area contributed by atoms with Crippen molar-refractivity contribution in [3.05, 3.63) is 12.7 Å². The van der Waals surface area contributed by atoms with Gasteiger partial charge in [0.05, 0.1) is 6.33 Å². The first-order chi connectivity index (χ1) is 8.19. The number of aromatic nitrogens is 4. The number of carbonyl (C=O) groups excluding carboxylic acids is 1. The Bertz CT molecular complexity index is 573. The van der Waals surface area contributed by atoms with Crippen molar-refractivity contribution in [2.24, 2.45) is 5.41 Å². The zero-order valence-corrected chi connectivity index (χ0v) is 9.32. The van der Waals surface area contributed by atoms with Gasteiger partial charge in [-0.1, -0.05) is 6.92 Å². The van der Waals surface area contributed by atoms with Crippen molar-refractivity contribution in [3.8, 4) is 0 Å². The number of rotatable bonds is 3. The highest BCUT2D eigenvalue weighted by atomic mass is 16.2. The lowest BCUT2D eigenvalue weighted by Crippen LogP contribution is -2.35. The zero-order valence-electron chi connectivity index (χ0n) is 9.32. The van der Waals surface area contributed by atoms with Crippen molar-refractivity contribution < 1.29 is 4.79 Å². The minimum atomic E-state index is -0.215. The molecule has 2 heterocycles. The summed E-state index contributed by atoms with van der Waals surface area (Å²) < 4.78 is 0. The molecule has 0 spiro atoms. The van der Waals surface area contributed by atoms with Gasteiger partial charge in [-0.3, -0.25) is 15.6 Å². The Morgan fingerprint density at radius 2 is 2.24 bits per heavy atom. The Kier molecular flexibility index (Phi) is 2.01. The van der Waals surface area contributed by atoms with Crippen LogP contribution in [-0.2, 0) is 4.79 Å². The highest BCUT2D eigenvalue weighted by molar-refractivity contribution is 5.88. The molecule has 1 fully saturated rings. The molecule has 0 unspecified atom stereocenters. The van der Waals surface area contributed by atoms with E-state index in [-0.39, 0.29) is 11.3 Å². The van der Waals surface area contributed by atoms with Gasteiger partial charge in [-0.25, -0.2) is 15.0 Å². The third kappa shape index (κ3) is 1.69. The quantitative estimate of drug-likeness (QED) is 0.673. The van der Waals surface area contributed by atoms with Gasteiger partial charge in [-0.05, 0) is 12.8 Å². The van der Waals surface area contributed by atoms with E-state index in [1.165, 1.54) is 12.7 Å². The van der Waals surface area contributed by atoms with Crippen molar-refractivity contribution in [2.45, 2.75) is 19.8 Å². The first-order valence-corrected chi connectivity index (χ1v) is 5.40. The van der Waals surface area contributed by atoms with Crippen LogP contribution in [-0.4, -0.2) is 25.8 Å². The molecule has 2 aromatic rings. The van der Waals surface area contributed by atoms with E-state index in [4.69, 9.17) is 0 Å². The molecule has 0 atom stereocenters. The average Bonchev–Trinajstić information content (AvgIpc) is 2.92. The minimum absolute atomic E-state index is 0.0104. The molecule has 1 aliphatic carbocycles. The second-order valence-electron chi connectivity index (χ2n) is 4.46. The molecule has 0 aromatic carbocycles. The fourth-order valence-electron chi connectivity index (χ4n) is 1.54. The molecule has 0 saturated heterocycles. The van der Waals surface area contributed by atoms with Gasteiger partial charge in [0.2, 0.25) is 5.91 Å². The molecule has 0 radical (unpaired) electrons. The number of hydrazine groups is 1. The largest absolute Gasteiger partial charge is 0.340 e. The summed E-state index contributed by atoms with van der Waals surface area (Å²) in [5.74, 6) is 0.508. The number of H-pyrrole nitrogens is 1. The minimum Gasteiger partial charge on any atom is -0.340 e. The number of anilines is 1. The molecule has 7 heteroatoms. The van der Waals surface area contributed by atoms with Gasteiger partial charge in [-0.2, -0.15) is 0 Å². The van der Waals surface area contributed by atoms with E-state index in [1.54, 1.807) is 0 Å². The molecule has 1 saturated carbocycles. The Hall–Kier alpha value is -2.18. The molecule has 0 aliphatic heterocycles. The number of aromatic amines is 1. The third-order valence-corrected chi connectivity index (χ3v) is 3.07. The Morgan fingerprint density at radius 3 is 3.00 bits per heavy atom. The highest BCUT2D eigenvalue weighted by Crippen LogP contribution is 2.44. The van der Waals surface area contributed by atoms with Gasteiger partial charge >= 0.3 is 0 Å². The number of hydrogen-bond acceptors (Lipinski definition) is 5. The fraction of sp³-hybridized carbons (Fsp3) is 0.400. The van der Waals surface area contributed by atoms with E-state index in [0.29, 0.717) is 17.0 Å². The first-order valence-electron chi connectivity index (χ1n) is 5.40. The zero-order chi connectivity index (χ0) is 11.9. The predicted octanol–water partition coefficient (Wildman–Crippen LogP) is 0.596. The summed E-state index contributed by atoms with van der Waals surface area (Å²) in [6.07, 6.45) is 4.80. The van der Waals surface area contributed by atoms with E-state index in [2.05, 4.69) is 30.8 Å². The van der Waals surface area contributed by atoms with E-state index in [0.717, 1.165) is 12.8 Å². The lowest BCUT2D eigenvalue weighted by molar-refractivity contribution is -0.125. The van der Waals surface area contributed by atoms with Crippen molar-refractivity contribution in [3.63, 3.8) is 0 Å². The van der Waals surface area contributed by atoms with Crippen LogP contribution in [0.1, 0.15) is 19.8 Å². The Morgan fingerprint density at radius 1 is 1.41 bits per heavy atom. The van der Waals surface area contributed by atoms with Crippen LogP contribution < -0.4 is 10.9 Å². The lowest BCUT2D eigenvalue weighted by atomic mass is 10.1. The van der Waals surface area contributed by atoms with Crippen LogP contribution in [0.4, 0.5) is 5.82 Å². The van der Waals surface area contributed by atoms with Crippen LogP contribution in [0, 0.1) is 5.41 Å². The summed E-state index contributed by atoms with van der Waals surface area (Å²) in [6, 6.07) is 0. The van der Waals surface area contributed by atoms with Gasteiger partial charge in [0, 0.05) is 5.41 Å². The summed E-state index contributed by atoms with van der Waals surface area (Å²) in [5.41, 5.74) is 6.48. The van der Waals surface area contributed by atoms with Crippen molar-refractivity contribution in [1.82, 2.24) is 25.4 Å². The molecule has 1 aliphatic rings. The maximum Gasteiger partial charge on any atom is 0.244 e. The average molecular weight is 232 g/mol. The maximum atomic E-state index is 11.7. The summed E-state index contributed by atoms with van der Waals surface area (Å²) in [4.78, 5) is 26.7. The van der Waals surface area contributed by atoms with E-state index in [1.807, 2.05) is 6.92 Å². The second-order valence-corrected chi connectivity index (χ2v) is 4.46. The summed E-state index contributed by atoms with van der Waals surface area (Å²) in [6.45, 7) is 1.94. The smallest absolute Gasteiger partial charge is 0.244 e. The number of nitrogens with one attached hydrogen (secondary N) is 3. The SMILES string of the molecule is CC1(C(=O)NNc2ncnc3nc[nH]c23)CC1. The van der Waals surface area contributed by atoms with Crippen LogP contribution in [0.5, 0.6) is 0 Å². The summed E-state index contributed by atoms with van der Waals surface area (Å²) in [5, 5.41) is 0.